The minimum Gasteiger partial charge on any atom is -0.382 e. The first-order valence-corrected chi connectivity index (χ1v) is 5.47. The van der Waals surface area contributed by atoms with Gasteiger partial charge in [0.25, 0.3) is 0 Å². The zero-order chi connectivity index (χ0) is 14.2. The Hall–Kier alpha value is -1.07. The number of methoxy groups -OCH3 is 1. The molecule has 102 valence electrons. The van der Waals surface area contributed by atoms with E-state index in [-0.39, 0.29) is 5.56 Å². The fourth-order valence-corrected chi connectivity index (χ4v) is 1.54. The van der Waals surface area contributed by atoms with E-state index >= 15 is 0 Å². The van der Waals surface area contributed by atoms with Crippen molar-refractivity contribution >= 4 is 0 Å². The molecule has 0 spiro atoms. The summed E-state index contributed by atoms with van der Waals surface area (Å²) in [5.41, 5.74) is -3.14. The molecule has 1 atom stereocenters. The molecule has 0 saturated heterocycles. The first kappa shape index (κ1) is 15.0. The minimum absolute atomic E-state index is 0.171. The molecule has 0 aromatic heterocycles. The van der Waals surface area contributed by atoms with Crippen LogP contribution in [0, 0.1) is 0 Å². The van der Waals surface area contributed by atoms with E-state index in [1.54, 1.807) is 13.8 Å². The van der Waals surface area contributed by atoms with Gasteiger partial charge in [-0.05, 0) is 38.5 Å². The van der Waals surface area contributed by atoms with Crippen molar-refractivity contribution in [2.75, 3.05) is 7.11 Å². The van der Waals surface area contributed by atoms with E-state index < -0.39 is 22.9 Å². The molecule has 1 rings (SSSR count). The zero-order valence-corrected chi connectivity index (χ0v) is 10.8. The Kier molecular flexibility index (Phi) is 3.79. The van der Waals surface area contributed by atoms with Crippen LogP contribution in [-0.4, -0.2) is 17.8 Å². The van der Waals surface area contributed by atoms with Crippen molar-refractivity contribution in [1.82, 2.24) is 0 Å². The summed E-state index contributed by atoms with van der Waals surface area (Å²) in [4.78, 5) is 0. The van der Waals surface area contributed by atoms with Gasteiger partial charge in [-0.3, -0.25) is 0 Å². The molecular weight excluding hydrogens is 245 g/mol. The Morgan fingerprint density at radius 3 is 2.00 bits per heavy atom. The summed E-state index contributed by atoms with van der Waals surface area (Å²) >= 11 is 0. The van der Waals surface area contributed by atoms with Crippen molar-refractivity contribution in [2.24, 2.45) is 0 Å². The summed E-state index contributed by atoms with van der Waals surface area (Å²) in [6.45, 7) is 4.67. The van der Waals surface area contributed by atoms with Gasteiger partial charge >= 0.3 is 6.18 Å². The van der Waals surface area contributed by atoms with E-state index in [1.807, 2.05) is 0 Å². The van der Waals surface area contributed by atoms with Crippen molar-refractivity contribution < 1.29 is 23.0 Å². The molecule has 0 bridgehead atoms. The second kappa shape index (κ2) is 4.55. The van der Waals surface area contributed by atoms with Crippen LogP contribution in [0.4, 0.5) is 13.2 Å². The topological polar surface area (TPSA) is 29.5 Å². The molecule has 1 unspecified atom stereocenters. The fraction of sp³-hybridized carbons (Fsp3) is 0.538. The minimum atomic E-state index is -4.43. The Morgan fingerprint density at radius 2 is 1.56 bits per heavy atom. The van der Waals surface area contributed by atoms with Crippen LogP contribution in [0.15, 0.2) is 24.3 Å². The lowest BCUT2D eigenvalue weighted by Crippen LogP contribution is -2.46. The first-order valence-electron chi connectivity index (χ1n) is 5.47. The zero-order valence-electron chi connectivity index (χ0n) is 10.8. The quantitative estimate of drug-likeness (QED) is 0.905. The van der Waals surface area contributed by atoms with Crippen molar-refractivity contribution in [2.45, 2.75) is 38.1 Å². The van der Waals surface area contributed by atoms with Crippen LogP contribution in [-0.2, 0) is 16.5 Å². The molecule has 1 aromatic carbocycles. The number of benzene rings is 1. The van der Waals surface area contributed by atoms with Gasteiger partial charge in [0.05, 0.1) is 11.2 Å². The third-order valence-corrected chi connectivity index (χ3v) is 3.43. The Labute approximate surface area is 104 Å². The van der Waals surface area contributed by atoms with Gasteiger partial charge in [-0.25, -0.2) is 0 Å². The number of rotatable bonds is 3. The third kappa shape index (κ3) is 2.67. The average Bonchev–Trinajstić information content (AvgIpc) is 2.28. The number of alkyl halides is 3. The van der Waals surface area contributed by atoms with Crippen molar-refractivity contribution in [3.8, 4) is 0 Å². The van der Waals surface area contributed by atoms with Gasteiger partial charge in [-0.1, -0.05) is 12.1 Å². The van der Waals surface area contributed by atoms with Crippen molar-refractivity contribution in [3.63, 3.8) is 0 Å². The fourth-order valence-electron chi connectivity index (χ4n) is 1.54. The standard InChI is InChI=1S/C13H17F3O2/c1-11(2,18-4)12(3,17)9-6-5-7-10(8-9)13(14,15)16/h5-8,17H,1-4H3. The van der Waals surface area contributed by atoms with Gasteiger partial charge in [-0.15, -0.1) is 0 Å². The molecule has 0 aliphatic carbocycles. The molecule has 1 aromatic rings. The maximum absolute atomic E-state index is 12.6. The normalized spacial score (nSPS) is 16.4. The van der Waals surface area contributed by atoms with Crippen LogP contribution in [0.1, 0.15) is 31.9 Å². The second-order valence-corrected chi connectivity index (χ2v) is 4.87. The average molecular weight is 262 g/mol. The van der Waals surface area contributed by atoms with E-state index in [4.69, 9.17) is 4.74 Å². The number of aliphatic hydroxyl groups is 1. The van der Waals surface area contributed by atoms with E-state index in [0.29, 0.717) is 0 Å². The molecular formula is C13H17F3O2. The predicted molar refractivity (Wildman–Crippen MR) is 62.1 cm³/mol. The first-order chi connectivity index (χ1) is 8.02. The number of halogens is 3. The molecule has 5 heteroatoms. The van der Waals surface area contributed by atoms with Crippen LogP contribution in [0.25, 0.3) is 0 Å². The van der Waals surface area contributed by atoms with Crippen LogP contribution < -0.4 is 0 Å². The monoisotopic (exact) mass is 262 g/mol. The van der Waals surface area contributed by atoms with Crippen LogP contribution >= 0.6 is 0 Å². The molecule has 2 nitrogen and oxygen atoms in total. The second-order valence-electron chi connectivity index (χ2n) is 4.87. The Morgan fingerprint density at radius 1 is 1.06 bits per heavy atom. The van der Waals surface area contributed by atoms with Crippen molar-refractivity contribution in [1.29, 1.82) is 0 Å². The van der Waals surface area contributed by atoms with Gasteiger partial charge < -0.3 is 9.84 Å². The highest BCUT2D eigenvalue weighted by atomic mass is 19.4. The van der Waals surface area contributed by atoms with E-state index in [2.05, 4.69) is 0 Å². The van der Waals surface area contributed by atoms with E-state index in [9.17, 15) is 18.3 Å². The summed E-state index contributed by atoms with van der Waals surface area (Å²) in [5.74, 6) is 0. The van der Waals surface area contributed by atoms with Crippen LogP contribution in [0.3, 0.4) is 0 Å². The number of ether oxygens (including phenoxy) is 1. The van der Waals surface area contributed by atoms with Gasteiger partial charge in [0.1, 0.15) is 5.60 Å². The largest absolute Gasteiger partial charge is 0.416 e. The van der Waals surface area contributed by atoms with Gasteiger partial charge in [-0.2, -0.15) is 13.2 Å². The summed E-state index contributed by atoms with van der Waals surface area (Å²) in [6.07, 6.45) is -4.43. The molecule has 0 radical (unpaired) electrons. The lowest BCUT2D eigenvalue weighted by atomic mass is 9.81. The summed E-state index contributed by atoms with van der Waals surface area (Å²) < 4.78 is 43.0. The molecule has 0 fully saturated rings. The molecule has 18 heavy (non-hydrogen) atoms. The summed E-state index contributed by atoms with van der Waals surface area (Å²) in [5, 5.41) is 10.4. The predicted octanol–water partition coefficient (Wildman–Crippen LogP) is 3.34. The number of hydrogen-bond donors (Lipinski definition) is 1. The molecule has 0 heterocycles. The van der Waals surface area contributed by atoms with E-state index in [1.165, 1.54) is 26.2 Å². The molecule has 1 N–H and O–H groups in total. The smallest absolute Gasteiger partial charge is 0.382 e. The van der Waals surface area contributed by atoms with Gasteiger partial charge in [0.15, 0.2) is 0 Å². The maximum atomic E-state index is 12.6. The van der Waals surface area contributed by atoms with Gasteiger partial charge in [0, 0.05) is 7.11 Å². The lowest BCUT2D eigenvalue weighted by molar-refractivity contribution is -0.147. The van der Waals surface area contributed by atoms with E-state index in [0.717, 1.165) is 12.1 Å². The highest BCUT2D eigenvalue weighted by Gasteiger charge is 2.42. The lowest BCUT2D eigenvalue weighted by Gasteiger charge is -2.39. The highest BCUT2D eigenvalue weighted by molar-refractivity contribution is 5.31. The number of hydrogen-bond acceptors (Lipinski definition) is 2. The third-order valence-electron chi connectivity index (χ3n) is 3.43. The molecule has 0 aliphatic heterocycles. The molecule has 0 aliphatic rings. The highest BCUT2D eigenvalue weighted by Crippen LogP contribution is 2.37. The van der Waals surface area contributed by atoms with Gasteiger partial charge in [0.2, 0.25) is 0 Å². The summed E-state index contributed by atoms with van der Waals surface area (Å²) in [7, 11) is 1.40. The summed E-state index contributed by atoms with van der Waals surface area (Å²) in [6, 6.07) is 4.65. The van der Waals surface area contributed by atoms with Crippen molar-refractivity contribution in [3.05, 3.63) is 35.4 Å². The van der Waals surface area contributed by atoms with Crippen LogP contribution in [0.5, 0.6) is 0 Å². The molecule has 0 amide bonds. The Balaban J connectivity index is 3.26. The molecule has 0 saturated carbocycles. The SMILES string of the molecule is COC(C)(C)C(C)(O)c1cccc(C(F)(F)F)c1. The van der Waals surface area contributed by atoms with Crippen LogP contribution in [0.2, 0.25) is 0 Å². The maximum Gasteiger partial charge on any atom is 0.416 e. The Bertz CT molecular complexity index is 422.